The van der Waals surface area contributed by atoms with Crippen LogP contribution in [-0.2, 0) is 6.54 Å². The molecule has 0 aliphatic heterocycles. The third kappa shape index (κ3) is 1.91. The highest BCUT2D eigenvalue weighted by atomic mass is 16.5. The van der Waals surface area contributed by atoms with Crippen LogP contribution in [0.25, 0.3) is 0 Å². The summed E-state index contributed by atoms with van der Waals surface area (Å²) in [6.07, 6.45) is 3.52. The van der Waals surface area contributed by atoms with Crippen molar-refractivity contribution in [1.29, 1.82) is 0 Å². The Balaban J connectivity index is 2.83. The fourth-order valence-corrected chi connectivity index (χ4v) is 0.937. The van der Waals surface area contributed by atoms with Crippen LogP contribution in [0.4, 0.5) is 0 Å². The maximum atomic E-state index is 5.12. The quantitative estimate of drug-likeness (QED) is 0.696. The molecule has 3 heteroatoms. The lowest BCUT2D eigenvalue weighted by atomic mass is 10.2. The molecule has 0 aromatic carbocycles. The van der Waals surface area contributed by atoms with Crippen LogP contribution in [0.15, 0.2) is 18.5 Å². The second-order valence-corrected chi connectivity index (χ2v) is 2.22. The monoisotopic (exact) mass is 152 g/mol. The van der Waals surface area contributed by atoms with E-state index in [0.717, 1.165) is 17.9 Å². The van der Waals surface area contributed by atoms with Gasteiger partial charge < -0.3 is 10.1 Å². The maximum Gasteiger partial charge on any atom is 0.126 e. The van der Waals surface area contributed by atoms with Gasteiger partial charge in [0, 0.05) is 24.5 Å². The molecular formula is C8H12N2O. The van der Waals surface area contributed by atoms with Crippen LogP contribution in [-0.4, -0.2) is 19.1 Å². The number of hydrogen-bond acceptors (Lipinski definition) is 3. The first-order valence-corrected chi connectivity index (χ1v) is 3.50. The summed E-state index contributed by atoms with van der Waals surface area (Å²) >= 11 is 0. The fraction of sp³-hybridized carbons (Fsp3) is 0.375. The van der Waals surface area contributed by atoms with Crippen LogP contribution in [0.2, 0.25) is 0 Å². The normalized spacial score (nSPS) is 9.64. The number of methoxy groups -OCH3 is 1. The topological polar surface area (TPSA) is 34.2 Å². The lowest BCUT2D eigenvalue weighted by molar-refractivity contribution is 0.408. The molecule has 3 nitrogen and oxygen atoms in total. The SMILES string of the molecule is CNCc1cnccc1OC. The van der Waals surface area contributed by atoms with Crippen molar-refractivity contribution in [2.45, 2.75) is 6.54 Å². The van der Waals surface area contributed by atoms with Crippen molar-refractivity contribution in [2.24, 2.45) is 0 Å². The van der Waals surface area contributed by atoms with E-state index in [0.29, 0.717) is 0 Å². The van der Waals surface area contributed by atoms with E-state index in [-0.39, 0.29) is 0 Å². The molecule has 1 N–H and O–H groups in total. The number of aromatic nitrogens is 1. The first-order valence-electron chi connectivity index (χ1n) is 3.50. The van der Waals surface area contributed by atoms with E-state index in [1.807, 2.05) is 13.1 Å². The Morgan fingerprint density at radius 3 is 3.09 bits per heavy atom. The Hall–Kier alpha value is -1.09. The van der Waals surface area contributed by atoms with E-state index in [1.54, 1.807) is 19.5 Å². The molecule has 1 aromatic heterocycles. The summed E-state index contributed by atoms with van der Waals surface area (Å²) in [5, 5.41) is 3.04. The van der Waals surface area contributed by atoms with Crippen LogP contribution in [0.3, 0.4) is 0 Å². The van der Waals surface area contributed by atoms with Crippen molar-refractivity contribution in [3.63, 3.8) is 0 Å². The Morgan fingerprint density at radius 2 is 2.45 bits per heavy atom. The van der Waals surface area contributed by atoms with Crippen LogP contribution < -0.4 is 10.1 Å². The minimum atomic E-state index is 0.789. The summed E-state index contributed by atoms with van der Waals surface area (Å²) in [6, 6.07) is 1.85. The highest BCUT2D eigenvalue weighted by Gasteiger charge is 1.98. The second-order valence-electron chi connectivity index (χ2n) is 2.22. The smallest absolute Gasteiger partial charge is 0.126 e. The molecular weight excluding hydrogens is 140 g/mol. The van der Waals surface area contributed by atoms with Gasteiger partial charge in [0.25, 0.3) is 0 Å². The van der Waals surface area contributed by atoms with E-state index in [2.05, 4.69) is 10.3 Å². The summed E-state index contributed by atoms with van der Waals surface area (Å²) < 4.78 is 5.12. The Morgan fingerprint density at radius 1 is 1.64 bits per heavy atom. The molecule has 0 aliphatic carbocycles. The van der Waals surface area contributed by atoms with Crippen molar-refractivity contribution < 1.29 is 4.74 Å². The van der Waals surface area contributed by atoms with Gasteiger partial charge >= 0.3 is 0 Å². The van der Waals surface area contributed by atoms with Crippen LogP contribution in [0.1, 0.15) is 5.56 Å². The summed E-state index contributed by atoms with van der Waals surface area (Å²) in [4.78, 5) is 3.99. The average molecular weight is 152 g/mol. The molecule has 1 heterocycles. The van der Waals surface area contributed by atoms with Gasteiger partial charge in [-0.15, -0.1) is 0 Å². The number of hydrogen-bond donors (Lipinski definition) is 1. The van der Waals surface area contributed by atoms with Gasteiger partial charge in [0.05, 0.1) is 7.11 Å². The summed E-state index contributed by atoms with van der Waals surface area (Å²) in [7, 11) is 3.56. The molecule has 0 amide bonds. The first-order chi connectivity index (χ1) is 5.38. The average Bonchev–Trinajstić information content (AvgIpc) is 2.06. The molecule has 0 saturated carbocycles. The summed E-state index contributed by atoms with van der Waals surface area (Å²) in [5.41, 5.74) is 1.08. The lowest BCUT2D eigenvalue weighted by Gasteiger charge is -2.05. The van der Waals surface area contributed by atoms with Gasteiger partial charge in [-0.3, -0.25) is 4.98 Å². The Bertz CT molecular complexity index is 225. The zero-order chi connectivity index (χ0) is 8.10. The molecule has 11 heavy (non-hydrogen) atoms. The van der Waals surface area contributed by atoms with Crippen molar-refractivity contribution in [3.05, 3.63) is 24.0 Å². The van der Waals surface area contributed by atoms with E-state index in [9.17, 15) is 0 Å². The zero-order valence-electron chi connectivity index (χ0n) is 6.79. The van der Waals surface area contributed by atoms with Gasteiger partial charge in [0.1, 0.15) is 5.75 Å². The third-order valence-electron chi connectivity index (χ3n) is 1.45. The summed E-state index contributed by atoms with van der Waals surface area (Å²) in [6.45, 7) is 0.789. The third-order valence-corrected chi connectivity index (χ3v) is 1.45. The van der Waals surface area contributed by atoms with Crippen molar-refractivity contribution in [1.82, 2.24) is 10.3 Å². The molecule has 60 valence electrons. The highest BCUT2D eigenvalue weighted by molar-refractivity contribution is 5.29. The predicted molar refractivity (Wildman–Crippen MR) is 43.6 cm³/mol. The zero-order valence-corrected chi connectivity index (χ0v) is 6.79. The number of nitrogens with one attached hydrogen (secondary N) is 1. The molecule has 0 unspecified atom stereocenters. The van der Waals surface area contributed by atoms with E-state index >= 15 is 0 Å². The van der Waals surface area contributed by atoms with E-state index in [4.69, 9.17) is 4.74 Å². The number of pyridine rings is 1. The first kappa shape index (κ1) is 8.01. The van der Waals surface area contributed by atoms with Gasteiger partial charge in [0.2, 0.25) is 0 Å². The molecule has 0 radical (unpaired) electrons. The number of rotatable bonds is 3. The Labute approximate surface area is 66.4 Å². The summed E-state index contributed by atoms with van der Waals surface area (Å²) in [5.74, 6) is 0.884. The van der Waals surface area contributed by atoms with Crippen molar-refractivity contribution >= 4 is 0 Å². The van der Waals surface area contributed by atoms with Gasteiger partial charge in [-0.1, -0.05) is 0 Å². The highest BCUT2D eigenvalue weighted by Crippen LogP contribution is 2.14. The molecule has 0 bridgehead atoms. The van der Waals surface area contributed by atoms with Gasteiger partial charge in [-0.05, 0) is 13.1 Å². The molecule has 0 fully saturated rings. The van der Waals surface area contributed by atoms with E-state index in [1.165, 1.54) is 0 Å². The molecule has 0 aliphatic rings. The predicted octanol–water partition coefficient (Wildman–Crippen LogP) is 0.810. The maximum absolute atomic E-state index is 5.12. The molecule has 0 saturated heterocycles. The molecule has 1 aromatic rings. The molecule has 1 rings (SSSR count). The molecule has 0 spiro atoms. The fourth-order valence-electron chi connectivity index (χ4n) is 0.937. The van der Waals surface area contributed by atoms with E-state index < -0.39 is 0 Å². The lowest BCUT2D eigenvalue weighted by Crippen LogP contribution is -2.06. The minimum absolute atomic E-state index is 0.789. The van der Waals surface area contributed by atoms with Crippen molar-refractivity contribution in [2.75, 3.05) is 14.2 Å². The second kappa shape index (κ2) is 3.93. The van der Waals surface area contributed by atoms with Gasteiger partial charge in [0.15, 0.2) is 0 Å². The molecule has 0 atom stereocenters. The van der Waals surface area contributed by atoms with Crippen molar-refractivity contribution in [3.8, 4) is 5.75 Å². The largest absolute Gasteiger partial charge is 0.496 e. The van der Waals surface area contributed by atoms with Gasteiger partial charge in [-0.2, -0.15) is 0 Å². The standard InChI is InChI=1S/C8H12N2O/c1-9-5-7-6-10-4-3-8(7)11-2/h3-4,6,9H,5H2,1-2H3. The van der Waals surface area contributed by atoms with Crippen LogP contribution in [0.5, 0.6) is 5.75 Å². The number of ether oxygens (including phenoxy) is 1. The van der Waals surface area contributed by atoms with Crippen LogP contribution in [0, 0.1) is 0 Å². The Kier molecular flexibility index (Phi) is 2.86. The number of nitrogens with zero attached hydrogens (tertiary/aromatic N) is 1. The van der Waals surface area contributed by atoms with Crippen LogP contribution >= 0.6 is 0 Å². The van der Waals surface area contributed by atoms with Gasteiger partial charge in [-0.25, -0.2) is 0 Å². The minimum Gasteiger partial charge on any atom is -0.496 e.